The van der Waals surface area contributed by atoms with Crippen LogP contribution < -0.4 is 15.8 Å². The minimum atomic E-state index is -4.87. The van der Waals surface area contributed by atoms with Crippen molar-refractivity contribution in [1.29, 1.82) is 0 Å². The number of aromatic nitrogens is 4. The molecule has 2 saturated heterocycles. The monoisotopic (exact) mass is 443 g/mol. The SMILES string of the molecule is Nc1ncnc2c1ncn2[C@]1(S(=O)(=O)NC(=O)[C@H]2CCCN2)O[C@H](CO)[C@@H](O)[C@H]1O. The number of fused-ring (bicyclic) bond motifs is 1. The Hall–Kier alpha value is -2.43. The number of sulfonamides is 1. The molecule has 7 N–H and O–H groups in total. The first kappa shape index (κ1) is 20.8. The number of nitrogens with two attached hydrogens (primary N) is 1. The van der Waals surface area contributed by atoms with Crippen molar-refractivity contribution < 1.29 is 33.3 Å². The molecule has 2 fully saturated rings. The molecule has 4 heterocycles. The van der Waals surface area contributed by atoms with Crippen LogP contribution in [-0.2, 0) is 24.6 Å². The highest BCUT2D eigenvalue weighted by Gasteiger charge is 2.65. The van der Waals surface area contributed by atoms with Gasteiger partial charge in [0.15, 0.2) is 11.5 Å². The number of ether oxygens (including phenoxy) is 1. The second-order valence-electron chi connectivity index (χ2n) is 7.07. The van der Waals surface area contributed by atoms with Crippen molar-refractivity contribution in [1.82, 2.24) is 29.6 Å². The minimum absolute atomic E-state index is 0.0219. The molecule has 2 aliphatic heterocycles. The van der Waals surface area contributed by atoms with Gasteiger partial charge < -0.3 is 31.1 Å². The Morgan fingerprint density at radius 2 is 2.17 bits per heavy atom. The fraction of sp³-hybridized carbons (Fsp3) is 0.600. The number of nitrogens with one attached hydrogen (secondary N) is 2. The molecule has 0 spiro atoms. The molecule has 0 saturated carbocycles. The molecule has 0 bridgehead atoms. The van der Waals surface area contributed by atoms with Crippen molar-refractivity contribution >= 4 is 32.9 Å². The maximum Gasteiger partial charge on any atom is 0.300 e. The molecule has 5 atom stereocenters. The molecule has 4 rings (SSSR count). The van der Waals surface area contributed by atoms with Crippen LogP contribution in [0.1, 0.15) is 12.8 Å². The van der Waals surface area contributed by atoms with Crippen molar-refractivity contribution in [3.8, 4) is 0 Å². The van der Waals surface area contributed by atoms with Crippen molar-refractivity contribution in [3.05, 3.63) is 12.7 Å². The first-order valence-electron chi connectivity index (χ1n) is 9.11. The summed E-state index contributed by atoms with van der Waals surface area (Å²) in [6.07, 6.45) is -2.20. The maximum absolute atomic E-state index is 13.4. The minimum Gasteiger partial charge on any atom is -0.394 e. The van der Waals surface area contributed by atoms with Crippen molar-refractivity contribution in [3.63, 3.8) is 0 Å². The molecular formula is C15H21N7O7S. The number of nitrogen functional groups attached to an aromatic ring is 1. The predicted molar refractivity (Wildman–Crippen MR) is 99.8 cm³/mol. The normalized spacial score (nSPS) is 32.0. The number of aliphatic hydroxyl groups excluding tert-OH is 3. The van der Waals surface area contributed by atoms with E-state index in [1.165, 1.54) is 0 Å². The highest BCUT2D eigenvalue weighted by atomic mass is 32.2. The maximum atomic E-state index is 13.4. The molecule has 164 valence electrons. The van der Waals surface area contributed by atoms with Gasteiger partial charge >= 0.3 is 5.06 Å². The summed E-state index contributed by atoms with van der Waals surface area (Å²) >= 11 is 0. The Labute approximate surface area is 170 Å². The average molecular weight is 443 g/mol. The summed E-state index contributed by atoms with van der Waals surface area (Å²) in [4.78, 5) is 24.2. The molecular weight excluding hydrogens is 422 g/mol. The van der Waals surface area contributed by atoms with E-state index in [1.54, 1.807) is 0 Å². The third kappa shape index (κ3) is 2.93. The second kappa shape index (κ2) is 7.36. The number of aliphatic hydroxyl groups is 3. The number of anilines is 1. The molecule has 0 aliphatic carbocycles. The smallest absolute Gasteiger partial charge is 0.300 e. The number of rotatable bonds is 5. The van der Waals surface area contributed by atoms with E-state index in [9.17, 15) is 28.5 Å². The summed E-state index contributed by atoms with van der Waals surface area (Å²) in [5, 5.41) is 30.7. The van der Waals surface area contributed by atoms with E-state index in [-0.39, 0.29) is 17.0 Å². The molecule has 0 aromatic carbocycles. The molecule has 2 aromatic rings. The number of carbonyl (C=O) groups excluding carboxylic acids is 1. The largest absolute Gasteiger partial charge is 0.394 e. The van der Waals surface area contributed by atoms with Crippen LogP contribution in [0.25, 0.3) is 11.2 Å². The van der Waals surface area contributed by atoms with Gasteiger partial charge in [-0.15, -0.1) is 0 Å². The van der Waals surface area contributed by atoms with Gasteiger partial charge in [-0.25, -0.2) is 28.1 Å². The van der Waals surface area contributed by atoms with Crippen LogP contribution in [0.4, 0.5) is 5.82 Å². The van der Waals surface area contributed by atoms with E-state index in [0.29, 0.717) is 19.4 Å². The standard InChI is InChI=1S/C15H21N7O7S/c16-12-9-13(19-5-18-12)22(6-20-9)15(11(25)10(24)8(4-23)29-15)30(27,28)21-14(26)7-2-1-3-17-7/h5-8,10-11,17,23-25H,1-4H2,(H,21,26)(H2,16,18,19)/t7-,8-,10-,11-,15+/m1/s1. The topological polar surface area (TPSA) is 215 Å². The quantitative estimate of drug-likeness (QED) is 0.263. The molecule has 0 radical (unpaired) electrons. The Kier molecular flexibility index (Phi) is 5.11. The van der Waals surface area contributed by atoms with E-state index in [0.717, 1.165) is 17.2 Å². The summed E-state index contributed by atoms with van der Waals surface area (Å²) in [6.45, 7) is -0.243. The highest BCUT2D eigenvalue weighted by Crippen LogP contribution is 2.41. The van der Waals surface area contributed by atoms with Crippen LogP contribution in [0.15, 0.2) is 12.7 Å². The Morgan fingerprint density at radius 1 is 1.40 bits per heavy atom. The summed E-state index contributed by atoms with van der Waals surface area (Å²) in [5.41, 5.74) is 5.65. The zero-order chi connectivity index (χ0) is 21.7. The molecule has 14 nitrogen and oxygen atoms in total. The van der Waals surface area contributed by atoms with Crippen molar-refractivity contribution in [2.45, 2.75) is 42.3 Å². The van der Waals surface area contributed by atoms with Gasteiger partial charge in [0, 0.05) is 0 Å². The summed E-state index contributed by atoms with van der Waals surface area (Å²) in [7, 11) is -4.87. The van der Waals surface area contributed by atoms with E-state index >= 15 is 0 Å². The molecule has 15 heteroatoms. The van der Waals surface area contributed by atoms with Crippen molar-refractivity contribution in [2.75, 3.05) is 18.9 Å². The fourth-order valence-electron chi connectivity index (χ4n) is 3.74. The van der Waals surface area contributed by atoms with Crippen molar-refractivity contribution in [2.24, 2.45) is 0 Å². The average Bonchev–Trinajstić information content (AvgIpc) is 3.42. The first-order chi connectivity index (χ1) is 14.2. The number of carbonyl (C=O) groups is 1. The van der Waals surface area contributed by atoms with E-state index < -0.39 is 51.9 Å². The lowest BCUT2D eigenvalue weighted by atomic mass is 10.1. The number of imidazole rings is 1. The number of nitrogens with zero attached hydrogens (tertiary/aromatic N) is 4. The van der Waals surface area contributed by atoms with Gasteiger partial charge in [-0.3, -0.25) is 9.36 Å². The van der Waals surface area contributed by atoms with Gasteiger partial charge in [0.25, 0.3) is 15.9 Å². The van der Waals surface area contributed by atoms with Crippen LogP contribution in [0.5, 0.6) is 0 Å². The third-order valence-electron chi connectivity index (χ3n) is 5.27. The van der Waals surface area contributed by atoms with Crippen LogP contribution in [0, 0.1) is 0 Å². The van der Waals surface area contributed by atoms with E-state index in [1.807, 2.05) is 4.72 Å². The molecule has 30 heavy (non-hydrogen) atoms. The highest BCUT2D eigenvalue weighted by molar-refractivity contribution is 7.90. The van der Waals surface area contributed by atoms with Gasteiger partial charge in [0.1, 0.15) is 36.5 Å². The zero-order valence-corrected chi connectivity index (χ0v) is 16.4. The predicted octanol–water partition coefficient (Wildman–Crippen LogP) is -3.67. The molecule has 0 unspecified atom stereocenters. The van der Waals surface area contributed by atoms with E-state index in [2.05, 4.69) is 20.3 Å². The van der Waals surface area contributed by atoms with Crippen LogP contribution in [0.2, 0.25) is 0 Å². The molecule has 2 aliphatic rings. The van der Waals surface area contributed by atoms with Gasteiger partial charge in [-0.2, -0.15) is 0 Å². The van der Waals surface area contributed by atoms with Gasteiger partial charge in [-0.1, -0.05) is 0 Å². The first-order valence-corrected chi connectivity index (χ1v) is 10.6. The van der Waals surface area contributed by atoms with Gasteiger partial charge in [0.2, 0.25) is 0 Å². The lowest BCUT2D eigenvalue weighted by Gasteiger charge is -2.32. The fourth-order valence-corrected chi connectivity index (χ4v) is 5.39. The zero-order valence-electron chi connectivity index (χ0n) is 15.5. The summed E-state index contributed by atoms with van der Waals surface area (Å²) < 4.78 is 35.1. The Balaban J connectivity index is 1.86. The second-order valence-corrected chi connectivity index (χ2v) is 8.87. The van der Waals surface area contributed by atoms with Gasteiger partial charge in [-0.05, 0) is 19.4 Å². The van der Waals surface area contributed by atoms with Crippen LogP contribution in [0.3, 0.4) is 0 Å². The summed E-state index contributed by atoms with van der Waals surface area (Å²) in [5.74, 6) is -0.902. The van der Waals surface area contributed by atoms with E-state index in [4.69, 9.17) is 10.5 Å². The van der Waals surface area contributed by atoms with Crippen LogP contribution in [-0.4, -0.2) is 86.7 Å². The number of hydrogen-bond donors (Lipinski definition) is 6. The lowest BCUT2D eigenvalue weighted by Crippen LogP contribution is -2.58. The third-order valence-corrected chi connectivity index (χ3v) is 7.05. The number of amides is 1. The number of hydrogen-bond acceptors (Lipinski definition) is 12. The molecule has 1 amide bonds. The Bertz CT molecular complexity index is 1070. The van der Waals surface area contributed by atoms with Gasteiger partial charge in [0.05, 0.1) is 12.6 Å². The van der Waals surface area contributed by atoms with Crippen LogP contribution >= 0.6 is 0 Å². The summed E-state index contributed by atoms with van der Waals surface area (Å²) in [6, 6.07) is -0.744. The Morgan fingerprint density at radius 3 is 2.80 bits per heavy atom. The molecule has 2 aromatic heterocycles. The lowest BCUT2D eigenvalue weighted by molar-refractivity contribution is -0.121.